The van der Waals surface area contributed by atoms with Crippen molar-refractivity contribution in [3.8, 4) is 0 Å². The molecule has 1 aromatic rings. The molecule has 0 saturated heterocycles. The third-order valence-corrected chi connectivity index (χ3v) is 1.99. The fraction of sp³-hybridized carbons (Fsp3) is 0.167. The van der Waals surface area contributed by atoms with Crippen LogP contribution in [-0.2, 0) is 6.54 Å². The number of halogens is 2. The second kappa shape index (κ2) is 3.50. The van der Waals surface area contributed by atoms with Crippen molar-refractivity contribution in [1.29, 1.82) is 0 Å². The molecule has 1 rings (SSSR count). The minimum absolute atomic E-state index is 0.399. The zero-order chi connectivity index (χ0) is 7.56. The van der Waals surface area contributed by atoms with Crippen LogP contribution in [0.5, 0.6) is 0 Å². The first-order valence-electron chi connectivity index (χ1n) is 2.74. The molecule has 0 spiro atoms. The van der Waals surface area contributed by atoms with Gasteiger partial charge in [-0.3, -0.25) is 4.98 Å². The lowest BCUT2D eigenvalue weighted by Gasteiger charge is -1.98. The summed E-state index contributed by atoms with van der Waals surface area (Å²) in [4.78, 5) is 4.03. The Morgan fingerprint density at radius 3 is 2.90 bits per heavy atom. The first-order chi connectivity index (χ1) is 4.74. The Morgan fingerprint density at radius 2 is 2.40 bits per heavy atom. The lowest BCUT2D eigenvalue weighted by molar-refractivity contribution is 0.988. The molecule has 10 heavy (non-hydrogen) atoms. The predicted octanol–water partition coefficient (Wildman–Crippen LogP) is 1.80. The highest BCUT2D eigenvalue weighted by Crippen LogP contribution is 2.15. The van der Waals surface area contributed by atoms with E-state index in [4.69, 9.17) is 17.3 Å². The molecule has 0 aliphatic rings. The van der Waals surface area contributed by atoms with Crippen molar-refractivity contribution >= 4 is 34.2 Å². The molecule has 4 heteroatoms. The highest BCUT2D eigenvalue weighted by molar-refractivity contribution is 14.1. The van der Waals surface area contributed by atoms with Crippen LogP contribution in [0.3, 0.4) is 0 Å². The first kappa shape index (κ1) is 8.23. The molecular formula is C6H6ClIN2. The van der Waals surface area contributed by atoms with E-state index in [1.54, 1.807) is 6.20 Å². The van der Waals surface area contributed by atoms with E-state index in [9.17, 15) is 0 Å². The lowest BCUT2D eigenvalue weighted by atomic mass is 10.3. The van der Waals surface area contributed by atoms with Gasteiger partial charge in [-0.15, -0.1) is 0 Å². The van der Waals surface area contributed by atoms with Gasteiger partial charge in [-0.1, -0.05) is 11.6 Å². The topological polar surface area (TPSA) is 38.9 Å². The summed E-state index contributed by atoms with van der Waals surface area (Å²) in [5.41, 5.74) is 6.10. The number of nitrogens with two attached hydrogens (primary N) is 1. The molecule has 1 aromatic heterocycles. The van der Waals surface area contributed by atoms with Crippen molar-refractivity contribution in [3.63, 3.8) is 0 Å². The molecule has 0 saturated carbocycles. The van der Waals surface area contributed by atoms with Crippen LogP contribution in [0.25, 0.3) is 0 Å². The second-order valence-corrected chi connectivity index (χ2v) is 3.44. The molecule has 0 atom stereocenters. The SMILES string of the molecule is NCc1ncc(I)cc1Cl. The maximum atomic E-state index is 5.78. The normalized spacial score (nSPS) is 9.90. The lowest BCUT2D eigenvalue weighted by Crippen LogP contribution is -2.00. The van der Waals surface area contributed by atoms with Crippen LogP contribution in [0.2, 0.25) is 5.02 Å². The fourth-order valence-electron chi connectivity index (χ4n) is 0.593. The summed E-state index contributed by atoms with van der Waals surface area (Å²) in [6.45, 7) is 0.399. The Balaban J connectivity index is 3.07. The number of aromatic nitrogens is 1. The molecular weight excluding hydrogens is 262 g/mol. The first-order valence-corrected chi connectivity index (χ1v) is 4.19. The van der Waals surface area contributed by atoms with E-state index in [1.807, 2.05) is 6.07 Å². The van der Waals surface area contributed by atoms with Gasteiger partial charge in [0.2, 0.25) is 0 Å². The molecule has 0 aromatic carbocycles. The molecule has 54 valence electrons. The highest BCUT2D eigenvalue weighted by atomic mass is 127. The third-order valence-electron chi connectivity index (χ3n) is 1.08. The van der Waals surface area contributed by atoms with Gasteiger partial charge in [0, 0.05) is 16.3 Å². The quantitative estimate of drug-likeness (QED) is 0.789. The van der Waals surface area contributed by atoms with Gasteiger partial charge in [-0.2, -0.15) is 0 Å². The smallest absolute Gasteiger partial charge is 0.0726 e. The molecule has 0 bridgehead atoms. The third kappa shape index (κ3) is 1.81. The number of nitrogens with zero attached hydrogens (tertiary/aromatic N) is 1. The van der Waals surface area contributed by atoms with E-state index in [-0.39, 0.29) is 0 Å². The number of hydrogen-bond donors (Lipinski definition) is 1. The molecule has 0 aliphatic carbocycles. The molecule has 2 nitrogen and oxygen atoms in total. The Hall–Kier alpha value is 0.130. The summed E-state index contributed by atoms with van der Waals surface area (Å²) < 4.78 is 1.03. The average Bonchev–Trinajstić information content (AvgIpc) is 1.88. The number of rotatable bonds is 1. The van der Waals surface area contributed by atoms with Crippen LogP contribution < -0.4 is 5.73 Å². The van der Waals surface area contributed by atoms with Crippen molar-refractivity contribution in [1.82, 2.24) is 4.98 Å². The Bertz CT molecular complexity index is 239. The van der Waals surface area contributed by atoms with E-state index in [2.05, 4.69) is 27.6 Å². The van der Waals surface area contributed by atoms with Crippen LogP contribution in [-0.4, -0.2) is 4.98 Å². The fourth-order valence-corrected chi connectivity index (χ4v) is 1.47. The Labute approximate surface area is 77.9 Å². The minimum atomic E-state index is 0.399. The monoisotopic (exact) mass is 268 g/mol. The van der Waals surface area contributed by atoms with E-state index < -0.39 is 0 Å². The van der Waals surface area contributed by atoms with Gasteiger partial charge in [0.05, 0.1) is 10.7 Å². The van der Waals surface area contributed by atoms with Gasteiger partial charge in [-0.05, 0) is 28.7 Å². The van der Waals surface area contributed by atoms with E-state index in [0.717, 1.165) is 9.26 Å². The molecule has 0 aliphatic heterocycles. The summed E-state index contributed by atoms with van der Waals surface area (Å²) >= 11 is 7.93. The summed E-state index contributed by atoms with van der Waals surface area (Å²) in [7, 11) is 0. The highest BCUT2D eigenvalue weighted by Gasteiger charge is 1.98. The van der Waals surface area contributed by atoms with Crippen LogP contribution >= 0.6 is 34.2 Å². The summed E-state index contributed by atoms with van der Waals surface area (Å²) in [5, 5.41) is 0.648. The van der Waals surface area contributed by atoms with Crippen molar-refractivity contribution < 1.29 is 0 Å². The summed E-state index contributed by atoms with van der Waals surface area (Å²) in [6, 6.07) is 1.84. The molecule has 2 N–H and O–H groups in total. The van der Waals surface area contributed by atoms with Gasteiger partial charge in [0.15, 0.2) is 0 Å². The van der Waals surface area contributed by atoms with Crippen LogP contribution in [0.4, 0.5) is 0 Å². The van der Waals surface area contributed by atoms with Gasteiger partial charge in [0.25, 0.3) is 0 Å². The van der Waals surface area contributed by atoms with Crippen LogP contribution in [0, 0.1) is 3.57 Å². The molecule has 0 amide bonds. The predicted molar refractivity (Wildman–Crippen MR) is 49.9 cm³/mol. The molecule has 0 unspecified atom stereocenters. The van der Waals surface area contributed by atoms with Gasteiger partial charge in [0.1, 0.15) is 0 Å². The van der Waals surface area contributed by atoms with Gasteiger partial charge < -0.3 is 5.73 Å². The Kier molecular flexibility index (Phi) is 2.88. The number of hydrogen-bond acceptors (Lipinski definition) is 2. The summed E-state index contributed by atoms with van der Waals surface area (Å²) in [6.07, 6.45) is 1.74. The number of pyridine rings is 1. The van der Waals surface area contributed by atoms with Gasteiger partial charge in [-0.25, -0.2) is 0 Å². The molecule has 1 heterocycles. The average molecular weight is 268 g/mol. The summed E-state index contributed by atoms with van der Waals surface area (Å²) in [5.74, 6) is 0. The van der Waals surface area contributed by atoms with Crippen LogP contribution in [0.15, 0.2) is 12.3 Å². The minimum Gasteiger partial charge on any atom is -0.325 e. The largest absolute Gasteiger partial charge is 0.325 e. The van der Waals surface area contributed by atoms with Crippen molar-refractivity contribution in [2.75, 3.05) is 0 Å². The van der Waals surface area contributed by atoms with Crippen molar-refractivity contribution in [2.45, 2.75) is 6.54 Å². The maximum absolute atomic E-state index is 5.78. The van der Waals surface area contributed by atoms with Crippen molar-refractivity contribution in [3.05, 3.63) is 26.5 Å². The zero-order valence-corrected chi connectivity index (χ0v) is 8.06. The maximum Gasteiger partial charge on any atom is 0.0726 e. The van der Waals surface area contributed by atoms with E-state index >= 15 is 0 Å². The standard InChI is InChI=1S/C6H6ClIN2/c7-5-1-4(8)3-10-6(5)2-9/h1,3H,2,9H2. The van der Waals surface area contributed by atoms with Gasteiger partial charge >= 0.3 is 0 Å². The molecule has 0 radical (unpaired) electrons. The molecule has 0 fully saturated rings. The van der Waals surface area contributed by atoms with Crippen molar-refractivity contribution in [2.24, 2.45) is 5.73 Å². The van der Waals surface area contributed by atoms with E-state index in [1.165, 1.54) is 0 Å². The second-order valence-electron chi connectivity index (χ2n) is 1.79. The van der Waals surface area contributed by atoms with Crippen LogP contribution in [0.1, 0.15) is 5.69 Å². The Morgan fingerprint density at radius 1 is 1.70 bits per heavy atom. The van der Waals surface area contributed by atoms with E-state index in [0.29, 0.717) is 11.6 Å². The zero-order valence-electron chi connectivity index (χ0n) is 5.14.